The summed E-state index contributed by atoms with van der Waals surface area (Å²) < 4.78 is 38.7. The molecule has 478 valence electrons. The van der Waals surface area contributed by atoms with Gasteiger partial charge in [-0.15, -0.1) is 0 Å². The highest BCUT2D eigenvalue weighted by atomic mass is 16.5. The molecule has 0 saturated heterocycles. The number of benzene rings is 6. The van der Waals surface area contributed by atoms with Crippen LogP contribution in [0.2, 0.25) is 0 Å². The van der Waals surface area contributed by atoms with Gasteiger partial charge in [0.2, 0.25) is 0 Å². The van der Waals surface area contributed by atoms with E-state index in [-0.39, 0.29) is 31.7 Å². The molecule has 0 atom stereocenters. The van der Waals surface area contributed by atoms with Gasteiger partial charge in [-0.2, -0.15) is 0 Å². The first-order valence-corrected chi connectivity index (χ1v) is 32.3. The Morgan fingerprint density at radius 2 is 0.843 bits per heavy atom. The number of hydrogen-bond acceptors (Lipinski definition) is 11. The third kappa shape index (κ3) is 27.3. The first-order chi connectivity index (χ1) is 43.2. The van der Waals surface area contributed by atoms with Gasteiger partial charge in [-0.05, 0) is 221 Å². The molecule has 1 N–H and O–H groups in total. The van der Waals surface area contributed by atoms with Gasteiger partial charge in [-0.25, -0.2) is 14.4 Å². The number of esters is 3. The number of rotatable bonds is 41. The predicted molar refractivity (Wildman–Crippen MR) is 361 cm³/mol. The highest BCUT2D eigenvalue weighted by Gasteiger charge is 2.17. The van der Waals surface area contributed by atoms with E-state index in [4.69, 9.17) is 38.3 Å². The molecule has 89 heavy (non-hydrogen) atoms. The molecule has 6 aromatic rings. The van der Waals surface area contributed by atoms with Crippen molar-refractivity contribution in [1.82, 2.24) is 0 Å². The Morgan fingerprint density at radius 3 is 1.40 bits per heavy atom. The molecule has 0 aliphatic carbocycles. The fourth-order valence-corrected chi connectivity index (χ4v) is 10.2. The number of methoxy groups -OCH3 is 1. The maximum atomic E-state index is 11.9. The lowest BCUT2D eigenvalue weighted by atomic mass is 9.90. The Hall–Kier alpha value is -7.73. The number of unbranched alkanes of at least 4 members (excludes halogenated alkanes) is 6. The van der Waals surface area contributed by atoms with Crippen LogP contribution in [-0.2, 0) is 71.9 Å². The van der Waals surface area contributed by atoms with E-state index >= 15 is 0 Å². The molecule has 0 fully saturated rings. The smallest absolute Gasteiger partial charge is 0.333 e. The molecular formula is C78H100O11. The lowest BCUT2D eigenvalue weighted by Crippen LogP contribution is -2.13. The minimum absolute atomic E-state index is 0.0445. The monoisotopic (exact) mass is 1210 g/mol. The van der Waals surface area contributed by atoms with Gasteiger partial charge in [0.05, 0.1) is 46.8 Å². The van der Waals surface area contributed by atoms with Crippen molar-refractivity contribution in [3.8, 4) is 39.5 Å². The van der Waals surface area contributed by atoms with Crippen LogP contribution < -0.4 is 14.2 Å². The maximum Gasteiger partial charge on any atom is 0.333 e. The number of aryl methyl sites for hydroxylation is 5. The van der Waals surface area contributed by atoms with Crippen molar-refractivity contribution in [3.63, 3.8) is 0 Å². The van der Waals surface area contributed by atoms with Crippen LogP contribution in [0.3, 0.4) is 0 Å². The van der Waals surface area contributed by atoms with Crippen LogP contribution in [0, 0.1) is 0 Å². The van der Waals surface area contributed by atoms with Crippen molar-refractivity contribution in [2.75, 3.05) is 60.0 Å². The van der Waals surface area contributed by atoms with E-state index in [0.717, 1.165) is 112 Å². The summed E-state index contributed by atoms with van der Waals surface area (Å²) in [6.45, 7) is 24.0. The normalized spacial score (nSPS) is 10.9. The van der Waals surface area contributed by atoms with Gasteiger partial charge in [0.15, 0.2) is 0 Å². The van der Waals surface area contributed by atoms with E-state index in [0.29, 0.717) is 55.8 Å². The van der Waals surface area contributed by atoms with Crippen molar-refractivity contribution in [2.24, 2.45) is 0 Å². The molecule has 6 rings (SSSR count). The van der Waals surface area contributed by atoms with Gasteiger partial charge < -0.3 is 38.3 Å². The third-order valence-corrected chi connectivity index (χ3v) is 15.6. The minimum atomic E-state index is -0.402. The van der Waals surface area contributed by atoms with E-state index in [2.05, 4.69) is 143 Å². The standard InChI is InChI=1S/C46H62O7.C32H38O4/c1-6-39-34-43(51-30-13-8-7-10-14-37-15-17-38(18-16-37)25-31-50-29-12-9-11-28-47)23-24-44(39)42-21-19-40(20-22-42)41(26-32-52-45(48)35(2)3)27-33-53-46(49)36(4)5;1-5-27-23-26(10-7-6-9-25-11-16-29(34-4)17-12-25)13-20-31(27)28-14-18-30(19-15-28)35-21-8-22-36-32(33)24(2)3/h15-24,34,41,47H,2,4,6-14,25-33H2,1,3,5H3;11-20,23H,2,5-10,21-22H2,1,3-4H3. The fourth-order valence-electron chi connectivity index (χ4n) is 10.2. The summed E-state index contributed by atoms with van der Waals surface area (Å²) in [6.07, 6.45) is 17.7. The van der Waals surface area contributed by atoms with Crippen molar-refractivity contribution in [3.05, 3.63) is 209 Å². The molecule has 11 nitrogen and oxygen atoms in total. The molecule has 0 aliphatic rings. The maximum absolute atomic E-state index is 11.9. The van der Waals surface area contributed by atoms with Crippen molar-refractivity contribution < 1.29 is 52.6 Å². The quantitative estimate of drug-likeness (QED) is 0.0170. The van der Waals surface area contributed by atoms with Crippen LogP contribution in [0.5, 0.6) is 17.2 Å². The third-order valence-electron chi connectivity index (χ3n) is 15.6. The molecule has 0 radical (unpaired) electrons. The zero-order chi connectivity index (χ0) is 64.0. The Balaban J connectivity index is 0.000000348. The van der Waals surface area contributed by atoms with Crippen LogP contribution in [0.4, 0.5) is 0 Å². The number of aliphatic hydroxyl groups is 1. The highest BCUT2D eigenvalue weighted by Crippen LogP contribution is 2.32. The van der Waals surface area contributed by atoms with Crippen LogP contribution in [0.1, 0.15) is 157 Å². The Morgan fingerprint density at radius 1 is 0.416 bits per heavy atom. The van der Waals surface area contributed by atoms with E-state index in [1.807, 2.05) is 24.3 Å². The molecule has 0 aromatic heterocycles. The highest BCUT2D eigenvalue weighted by molar-refractivity contribution is 5.87. The van der Waals surface area contributed by atoms with Gasteiger partial charge >= 0.3 is 17.9 Å². The summed E-state index contributed by atoms with van der Waals surface area (Å²) in [7, 11) is 1.70. The SMILES string of the molecule is C=C(C)C(=O)OCCC(CCOC(=O)C(=C)C)c1ccc(-c2ccc(OCCCCCCc3ccc(CCOCCCCCO)cc3)cc2CC)cc1.C=C(C)C(=O)OCCCOc1ccc(-c2ccc(CCCCc3ccc(OC)cc3)cc2CC)cc1. The first kappa shape index (κ1) is 72.0. The number of hydrogen-bond donors (Lipinski definition) is 1. The van der Waals surface area contributed by atoms with Crippen LogP contribution in [-0.4, -0.2) is 83.0 Å². The van der Waals surface area contributed by atoms with Crippen molar-refractivity contribution in [2.45, 2.75) is 156 Å². The van der Waals surface area contributed by atoms with Crippen LogP contribution >= 0.6 is 0 Å². The first-order valence-electron chi connectivity index (χ1n) is 32.3. The Labute approximate surface area is 532 Å². The largest absolute Gasteiger partial charge is 0.497 e. The second kappa shape index (κ2) is 41.5. The fraction of sp³-hybridized carbons (Fsp3) is 0.423. The second-order valence-corrected chi connectivity index (χ2v) is 22.9. The van der Waals surface area contributed by atoms with Crippen molar-refractivity contribution >= 4 is 17.9 Å². The van der Waals surface area contributed by atoms with Gasteiger partial charge in [-0.3, -0.25) is 0 Å². The van der Waals surface area contributed by atoms with Gasteiger partial charge in [0.1, 0.15) is 17.2 Å². The summed E-state index contributed by atoms with van der Waals surface area (Å²) in [5, 5.41) is 8.84. The average Bonchev–Trinajstić information content (AvgIpc) is 3.64. The average molecular weight is 1210 g/mol. The molecule has 0 amide bonds. The zero-order valence-electron chi connectivity index (χ0n) is 54.3. The summed E-state index contributed by atoms with van der Waals surface area (Å²) in [5.41, 5.74) is 15.1. The van der Waals surface area contributed by atoms with Crippen LogP contribution in [0.25, 0.3) is 22.3 Å². The van der Waals surface area contributed by atoms with E-state index in [1.165, 1.54) is 75.8 Å². The molecule has 0 saturated carbocycles. The Kier molecular flexibility index (Phi) is 33.6. The van der Waals surface area contributed by atoms with Gasteiger partial charge in [0, 0.05) is 36.4 Å². The summed E-state index contributed by atoms with van der Waals surface area (Å²) in [4.78, 5) is 35.2. The second-order valence-electron chi connectivity index (χ2n) is 22.9. The predicted octanol–water partition coefficient (Wildman–Crippen LogP) is 17.3. The topological polar surface area (TPSA) is 136 Å². The van der Waals surface area contributed by atoms with Crippen LogP contribution in [0.15, 0.2) is 170 Å². The number of carbonyl (C=O) groups is 3. The van der Waals surface area contributed by atoms with Gasteiger partial charge in [-0.1, -0.05) is 143 Å². The number of ether oxygens (including phenoxy) is 7. The Bertz CT molecular complexity index is 3040. The zero-order valence-corrected chi connectivity index (χ0v) is 54.3. The molecule has 0 unspecified atom stereocenters. The molecule has 0 spiro atoms. The summed E-state index contributed by atoms with van der Waals surface area (Å²) in [5.74, 6) is 1.52. The van der Waals surface area contributed by atoms with E-state index < -0.39 is 11.9 Å². The molecule has 6 aromatic carbocycles. The van der Waals surface area contributed by atoms with Gasteiger partial charge in [0.25, 0.3) is 0 Å². The minimum Gasteiger partial charge on any atom is -0.497 e. The summed E-state index contributed by atoms with van der Waals surface area (Å²) >= 11 is 0. The molecule has 0 bridgehead atoms. The number of carbonyl (C=O) groups excluding carboxylic acids is 3. The molecule has 0 aliphatic heterocycles. The lowest BCUT2D eigenvalue weighted by Gasteiger charge is -2.19. The number of aliphatic hydroxyl groups excluding tert-OH is 1. The van der Waals surface area contributed by atoms with E-state index in [1.54, 1.807) is 27.9 Å². The lowest BCUT2D eigenvalue weighted by molar-refractivity contribution is -0.140. The summed E-state index contributed by atoms with van der Waals surface area (Å²) in [6, 6.07) is 47.3. The van der Waals surface area contributed by atoms with Crippen molar-refractivity contribution in [1.29, 1.82) is 0 Å². The molecule has 0 heterocycles. The van der Waals surface area contributed by atoms with E-state index in [9.17, 15) is 14.4 Å². The molecular weight excluding hydrogens is 1110 g/mol. The molecule has 11 heteroatoms.